The molecule has 3 atom stereocenters. The topological polar surface area (TPSA) is 64.0 Å². The van der Waals surface area contributed by atoms with E-state index in [2.05, 4.69) is 27.9 Å². The average molecular weight is 438 g/mol. The molecule has 1 spiro atoms. The van der Waals surface area contributed by atoms with Crippen LogP contribution in [0.15, 0.2) is 55.0 Å². The van der Waals surface area contributed by atoms with Gasteiger partial charge in [-0.1, -0.05) is 12.1 Å². The predicted octanol–water partition coefficient (Wildman–Crippen LogP) is 3.87. The number of rotatable bonds is 2. The summed E-state index contributed by atoms with van der Waals surface area (Å²) in [5.74, 6) is 0.719. The lowest BCUT2D eigenvalue weighted by Crippen LogP contribution is -2.50. The van der Waals surface area contributed by atoms with Gasteiger partial charge in [0.25, 0.3) is 0 Å². The van der Waals surface area contributed by atoms with Crippen LogP contribution in [-0.2, 0) is 22.9 Å². The molecule has 2 aromatic carbocycles. The van der Waals surface area contributed by atoms with Crippen molar-refractivity contribution in [3.8, 4) is 16.9 Å². The molecular formula is C24H24FN3O2S. The first kappa shape index (κ1) is 19.2. The van der Waals surface area contributed by atoms with E-state index in [0.717, 1.165) is 49.0 Å². The van der Waals surface area contributed by atoms with Gasteiger partial charge in [-0.2, -0.15) is 0 Å². The monoisotopic (exact) mass is 437 g/mol. The van der Waals surface area contributed by atoms with Crippen molar-refractivity contribution < 1.29 is 12.8 Å². The molecule has 1 saturated carbocycles. The van der Waals surface area contributed by atoms with Gasteiger partial charge < -0.3 is 4.57 Å². The van der Waals surface area contributed by atoms with Gasteiger partial charge in [0, 0.05) is 23.0 Å². The Labute approximate surface area is 181 Å². The van der Waals surface area contributed by atoms with Crippen molar-refractivity contribution in [3.63, 3.8) is 0 Å². The fourth-order valence-electron chi connectivity index (χ4n) is 6.02. The first-order valence-electron chi connectivity index (χ1n) is 10.9. The smallest absolute Gasteiger partial charge is 0.212 e. The fourth-order valence-corrected chi connectivity index (χ4v) is 7.74. The van der Waals surface area contributed by atoms with Crippen molar-refractivity contribution in [2.75, 3.05) is 5.75 Å². The van der Waals surface area contributed by atoms with Gasteiger partial charge in [-0.3, -0.25) is 0 Å². The van der Waals surface area contributed by atoms with E-state index in [0.29, 0.717) is 11.8 Å². The second kappa shape index (κ2) is 6.74. The molecule has 2 fully saturated rings. The van der Waals surface area contributed by atoms with Crippen LogP contribution in [0.1, 0.15) is 30.4 Å². The fraction of sp³-hybridized carbons (Fsp3) is 0.375. The highest BCUT2D eigenvalue weighted by molar-refractivity contribution is 7.89. The van der Waals surface area contributed by atoms with Gasteiger partial charge in [0.15, 0.2) is 0 Å². The van der Waals surface area contributed by atoms with E-state index < -0.39 is 10.0 Å². The number of benzene rings is 2. The molecule has 3 aliphatic rings. The summed E-state index contributed by atoms with van der Waals surface area (Å²) >= 11 is 0. The molecule has 2 aliphatic carbocycles. The summed E-state index contributed by atoms with van der Waals surface area (Å²) in [7, 11) is -3.15. The first-order valence-corrected chi connectivity index (χ1v) is 12.5. The summed E-state index contributed by atoms with van der Waals surface area (Å²) in [5, 5.41) is 0. The molecule has 2 heterocycles. The van der Waals surface area contributed by atoms with Gasteiger partial charge in [-0.15, -0.1) is 0 Å². The molecule has 2 bridgehead atoms. The molecule has 1 N–H and O–H groups in total. The van der Waals surface area contributed by atoms with Crippen molar-refractivity contribution in [1.82, 2.24) is 14.3 Å². The maximum absolute atomic E-state index is 13.2. The minimum atomic E-state index is -3.15. The van der Waals surface area contributed by atoms with Crippen LogP contribution in [0, 0.1) is 17.7 Å². The van der Waals surface area contributed by atoms with Crippen molar-refractivity contribution in [2.45, 2.75) is 37.6 Å². The zero-order valence-electron chi connectivity index (χ0n) is 17.1. The minimum Gasteiger partial charge on any atom is -0.306 e. The Morgan fingerprint density at radius 3 is 2.48 bits per heavy atom. The van der Waals surface area contributed by atoms with Gasteiger partial charge >= 0.3 is 0 Å². The van der Waals surface area contributed by atoms with Crippen molar-refractivity contribution in [2.24, 2.45) is 11.8 Å². The summed E-state index contributed by atoms with van der Waals surface area (Å²) in [4.78, 5) is 4.57. The Morgan fingerprint density at radius 1 is 1.03 bits per heavy atom. The number of hydrogen-bond donors (Lipinski definition) is 1. The number of halogens is 1. The number of nitrogens with one attached hydrogen (secondary N) is 1. The Morgan fingerprint density at radius 2 is 1.77 bits per heavy atom. The van der Waals surface area contributed by atoms with E-state index in [9.17, 15) is 12.8 Å². The van der Waals surface area contributed by atoms with Crippen LogP contribution in [0.2, 0.25) is 0 Å². The third kappa shape index (κ3) is 3.13. The van der Waals surface area contributed by atoms with E-state index in [-0.39, 0.29) is 17.1 Å². The van der Waals surface area contributed by atoms with Gasteiger partial charge in [-0.25, -0.2) is 22.5 Å². The molecule has 0 amide bonds. The van der Waals surface area contributed by atoms with Crippen molar-refractivity contribution in [1.29, 1.82) is 0 Å². The maximum Gasteiger partial charge on any atom is 0.212 e. The third-order valence-corrected chi connectivity index (χ3v) is 9.03. The van der Waals surface area contributed by atoms with Crippen LogP contribution in [-0.4, -0.2) is 29.3 Å². The van der Waals surface area contributed by atoms with Crippen LogP contribution in [0.4, 0.5) is 4.39 Å². The number of hydrogen-bond acceptors (Lipinski definition) is 3. The first-order chi connectivity index (χ1) is 14.9. The number of nitrogens with zero attached hydrogens (tertiary/aromatic N) is 2. The highest BCUT2D eigenvalue weighted by atomic mass is 32.2. The molecule has 0 radical (unpaired) electrons. The Balaban J connectivity index is 1.32. The Bertz CT molecular complexity index is 1270. The largest absolute Gasteiger partial charge is 0.306 e. The Hall–Kier alpha value is -2.51. The molecule has 5 nitrogen and oxygen atoms in total. The highest BCUT2D eigenvalue weighted by Crippen LogP contribution is 2.51. The lowest BCUT2D eigenvalue weighted by Gasteiger charge is -2.34. The second-order valence-corrected chi connectivity index (χ2v) is 11.1. The van der Waals surface area contributed by atoms with Crippen molar-refractivity contribution >= 4 is 10.0 Å². The molecule has 3 aromatic rings. The van der Waals surface area contributed by atoms with E-state index in [1.54, 1.807) is 18.5 Å². The quantitative estimate of drug-likeness (QED) is 0.662. The summed E-state index contributed by atoms with van der Waals surface area (Å²) in [6.07, 6.45) is 8.45. The minimum absolute atomic E-state index is 0.252. The number of aromatic nitrogens is 2. The molecule has 7 heteroatoms. The van der Waals surface area contributed by atoms with E-state index in [4.69, 9.17) is 0 Å². The van der Waals surface area contributed by atoms with E-state index in [1.807, 2.05) is 10.8 Å². The molecule has 31 heavy (non-hydrogen) atoms. The van der Waals surface area contributed by atoms with Crippen LogP contribution in [0.3, 0.4) is 0 Å². The molecule has 1 unspecified atom stereocenters. The summed E-state index contributed by atoms with van der Waals surface area (Å²) in [5.41, 5.74) is 5.17. The molecule has 1 saturated heterocycles. The normalized spacial score (nSPS) is 28.5. The van der Waals surface area contributed by atoms with E-state index >= 15 is 0 Å². The second-order valence-electron chi connectivity index (χ2n) is 9.22. The van der Waals surface area contributed by atoms with Crippen LogP contribution in [0.5, 0.6) is 0 Å². The van der Waals surface area contributed by atoms with Gasteiger partial charge in [-0.05, 0) is 85.4 Å². The summed E-state index contributed by atoms with van der Waals surface area (Å²) < 4.78 is 42.7. The number of imidazole rings is 1. The van der Waals surface area contributed by atoms with Gasteiger partial charge in [0.2, 0.25) is 10.0 Å². The highest BCUT2D eigenvalue weighted by Gasteiger charge is 2.56. The number of fused-ring (bicyclic) bond motifs is 1. The molecular weight excluding hydrogens is 413 g/mol. The summed E-state index contributed by atoms with van der Waals surface area (Å²) in [6, 6.07) is 12.9. The average Bonchev–Trinajstić information content (AvgIpc) is 3.40. The van der Waals surface area contributed by atoms with Crippen LogP contribution < -0.4 is 4.72 Å². The number of sulfonamides is 1. The molecule has 6 rings (SSSR count). The van der Waals surface area contributed by atoms with Gasteiger partial charge in [0.05, 0.1) is 17.8 Å². The molecule has 1 aromatic heterocycles. The Kier molecular flexibility index (Phi) is 4.17. The predicted molar refractivity (Wildman–Crippen MR) is 117 cm³/mol. The third-order valence-electron chi connectivity index (χ3n) is 7.59. The lowest BCUT2D eigenvalue weighted by molar-refractivity contribution is 0.232. The SMILES string of the molecule is O=S1(=O)CC[C@]2(N1)C1CC[C@@H]2Cc2ccc(-c3cn(-c4ccc(F)cc4)cn3)cc2C1. The summed E-state index contributed by atoms with van der Waals surface area (Å²) in [6.45, 7) is 0. The standard InChI is InChI=1S/C24H24FN3O2S/c25-21-5-7-22(8-6-21)28-14-23(26-15-28)17-2-1-16-12-19-3-4-20(13-18(16)11-17)24(19)9-10-31(29,30)27-24/h1-2,5-8,11,14-15,19-20,27H,3-4,9-10,12-13H2/t19-,20?,24-/m1/s1. The zero-order chi connectivity index (χ0) is 21.2. The van der Waals surface area contributed by atoms with E-state index in [1.165, 1.54) is 23.3 Å². The van der Waals surface area contributed by atoms with Crippen molar-refractivity contribution in [3.05, 3.63) is 71.9 Å². The van der Waals surface area contributed by atoms with Gasteiger partial charge in [0.1, 0.15) is 5.82 Å². The van der Waals surface area contributed by atoms with Crippen LogP contribution in [0.25, 0.3) is 16.9 Å². The lowest BCUT2D eigenvalue weighted by atomic mass is 9.78. The maximum atomic E-state index is 13.2. The molecule has 1 aliphatic heterocycles. The van der Waals surface area contributed by atoms with Crippen LogP contribution >= 0.6 is 0 Å². The molecule has 160 valence electrons. The zero-order valence-corrected chi connectivity index (χ0v) is 17.9.